The van der Waals surface area contributed by atoms with Gasteiger partial charge >= 0.3 is 17.8 Å². The highest BCUT2D eigenvalue weighted by Crippen LogP contribution is 2.29. The number of aromatic carboxylic acids is 1. The van der Waals surface area contributed by atoms with Gasteiger partial charge < -0.3 is 26.8 Å². The zero-order valence-corrected chi connectivity index (χ0v) is 24.2. The Kier molecular flexibility index (Phi) is 9.05. The summed E-state index contributed by atoms with van der Waals surface area (Å²) in [7, 11) is 0. The fraction of sp³-hybridized carbons (Fsp3) is 0.207. The van der Waals surface area contributed by atoms with Crippen LogP contribution in [-0.4, -0.2) is 55.0 Å². The van der Waals surface area contributed by atoms with Crippen molar-refractivity contribution in [2.24, 2.45) is 0 Å². The van der Waals surface area contributed by atoms with Crippen molar-refractivity contribution in [3.8, 4) is 5.69 Å². The first-order chi connectivity index (χ1) is 20.3. The highest BCUT2D eigenvalue weighted by molar-refractivity contribution is 6.40. The molecule has 1 heterocycles. The Bertz CT molecular complexity index is 1670. The molecule has 0 spiro atoms. The molecule has 0 aliphatic heterocycles. The summed E-state index contributed by atoms with van der Waals surface area (Å²) >= 11 is 6.10. The van der Waals surface area contributed by atoms with Gasteiger partial charge in [0.1, 0.15) is 12.4 Å². The van der Waals surface area contributed by atoms with Crippen molar-refractivity contribution >= 4 is 52.4 Å². The lowest BCUT2D eigenvalue weighted by atomic mass is 9.83. The largest absolute Gasteiger partial charge is 0.478 e. The van der Waals surface area contributed by atoms with Gasteiger partial charge in [-0.3, -0.25) is 14.4 Å². The lowest BCUT2D eigenvalue weighted by molar-refractivity contribution is -0.137. The third-order valence-electron chi connectivity index (χ3n) is 6.38. The Morgan fingerprint density at radius 2 is 1.70 bits per heavy atom. The summed E-state index contributed by atoms with van der Waals surface area (Å²) in [5.41, 5.74) is 7.89. The molecule has 1 atom stereocenters. The van der Waals surface area contributed by atoms with Crippen LogP contribution in [0.25, 0.3) is 5.69 Å². The van der Waals surface area contributed by atoms with Crippen molar-refractivity contribution in [3.05, 3.63) is 88.7 Å². The highest BCUT2D eigenvalue weighted by atomic mass is 35.5. The molecule has 4 aromatic rings. The summed E-state index contributed by atoms with van der Waals surface area (Å²) in [6.45, 7) is 5.56. The number of nitrogens with zero attached hydrogens (tertiary/aromatic N) is 4. The second-order valence-electron chi connectivity index (χ2n) is 10.6. The molecule has 0 aliphatic rings. The lowest BCUT2D eigenvalue weighted by Gasteiger charge is -2.23. The van der Waals surface area contributed by atoms with E-state index in [4.69, 9.17) is 17.3 Å². The number of nitrogen functional groups attached to an aromatic ring is 1. The number of rotatable bonds is 8. The monoisotopic (exact) mass is 604 g/mol. The normalized spacial score (nSPS) is 11.8. The van der Waals surface area contributed by atoms with Crippen molar-refractivity contribution in [1.29, 1.82) is 0 Å². The summed E-state index contributed by atoms with van der Waals surface area (Å²) in [5, 5.41) is 28.6. The number of nitrogens with one attached hydrogen (secondary N) is 3. The number of halogens is 1. The Morgan fingerprint density at radius 3 is 2.33 bits per heavy atom. The van der Waals surface area contributed by atoms with E-state index in [0.717, 1.165) is 0 Å². The topological polar surface area (TPSA) is 194 Å². The third-order valence-corrected chi connectivity index (χ3v) is 6.61. The average Bonchev–Trinajstić information content (AvgIpc) is 3.48. The minimum atomic E-state index is -1.20. The molecule has 0 radical (unpaired) electrons. The molecule has 3 aromatic carbocycles. The molecule has 0 bridgehead atoms. The van der Waals surface area contributed by atoms with Gasteiger partial charge in [0.25, 0.3) is 0 Å². The quantitative estimate of drug-likeness (QED) is 0.148. The van der Waals surface area contributed by atoms with Crippen LogP contribution in [0.2, 0.25) is 5.02 Å². The number of carboxylic acids is 1. The molecule has 0 fully saturated rings. The molecular weight excluding hydrogens is 576 g/mol. The Hall–Kier alpha value is -5.30. The molecule has 3 amide bonds. The molecule has 1 aromatic heterocycles. The van der Waals surface area contributed by atoms with Gasteiger partial charge in [0, 0.05) is 22.8 Å². The average molecular weight is 605 g/mol. The van der Waals surface area contributed by atoms with E-state index in [1.165, 1.54) is 29.2 Å². The maximum absolute atomic E-state index is 13.5. The summed E-state index contributed by atoms with van der Waals surface area (Å²) in [5.74, 6) is -3.87. The standard InChI is InChI=1S/C29H29ClN8O5/c1-29(2,3)21-14-19(9-10-20(21)28(42)43)33-25(39)23(12-16-4-7-18(31)8-5-16)35-27(41)26(40)34-22-13-17(30)6-11-24(22)38-15-32-36-37-38/h4-11,13-15,23H,12,31H2,1-3H3,(H,33,39)(H,34,40)(H,35,41)(H,42,43). The molecule has 0 aliphatic carbocycles. The zero-order chi connectivity index (χ0) is 31.3. The number of carbonyl (C=O) groups excluding carboxylic acids is 3. The third kappa shape index (κ3) is 7.71. The van der Waals surface area contributed by atoms with Crippen molar-refractivity contribution in [1.82, 2.24) is 25.5 Å². The van der Waals surface area contributed by atoms with Gasteiger partial charge in [0.2, 0.25) is 5.91 Å². The second kappa shape index (κ2) is 12.7. The summed E-state index contributed by atoms with van der Waals surface area (Å²) in [4.78, 5) is 51.3. The van der Waals surface area contributed by atoms with Crippen LogP contribution in [0.15, 0.2) is 67.0 Å². The first-order valence-electron chi connectivity index (χ1n) is 13.0. The van der Waals surface area contributed by atoms with Gasteiger partial charge in [-0.25, -0.2) is 4.79 Å². The predicted octanol–water partition coefficient (Wildman–Crippen LogP) is 3.20. The van der Waals surface area contributed by atoms with Crippen LogP contribution in [0, 0.1) is 0 Å². The van der Waals surface area contributed by atoms with Crippen LogP contribution in [0.4, 0.5) is 17.1 Å². The van der Waals surface area contributed by atoms with Gasteiger partial charge in [-0.05, 0) is 75.5 Å². The number of aromatic nitrogens is 4. The maximum Gasteiger partial charge on any atom is 0.335 e. The van der Waals surface area contributed by atoms with Crippen LogP contribution in [0.1, 0.15) is 42.3 Å². The number of anilines is 3. The molecule has 6 N–H and O–H groups in total. The van der Waals surface area contributed by atoms with E-state index in [9.17, 15) is 24.3 Å². The van der Waals surface area contributed by atoms with Gasteiger partial charge in [0.05, 0.1) is 16.9 Å². The van der Waals surface area contributed by atoms with E-state index in [-0.39, 0.29) is 22.7 Å². The van der Waals surface area contributed by atoms with E-state index in [2.05, 4.69) is 31.5 Å². The molecule has 222 valence electrons. The Morgan fingerprint density at radius 1 is 0.977 bits per heavy atom. The number of nitrogens with two attached hydrogens (primary N) is 1. The van der Waals surface area contributed by atoms with E-state index < -0.39 is 35.1 Å². The van der Waals surface area contributed by atoms with Crippen molar-refractivity contribution in [2.45, 2.75) is 38.6 Å². The second-order valence-corrected chi connectivity index (χ2v) is 11.1. The van der Waals surface area contributed by atoms with Crippen LogP contribution in [-0.2, 0) is 26.2 Å². The van der Waals surface area contributed by atoms with E-state index in [1.54, 1.807) is 42.5 Å². The molecular formula is C29H29ClN8O5. The van der Waals surface area contributed by atoms with Crippen LogP contribution in [0.3, 0.4) is 0 Å². The van der Waals surface area contributed by atoms with Gasteiger partial charge in [-0.1, -0.05) is 44.5 Å². The summed E-state index contributed by atoms with van der Waals surface area (Å²) in [6, 6.07) is 14.5. The number of hydrogen-bond donors (Lipinski definition) is 5. The van der Waals surface area contributed by atoms with Gasteiger partial charge in [0.15, 0.2) is 0 Å². The predicted molar refractivity (Wildman–Crippen MR) is 160 cm³/mol. The van der Waals surface area contributed by atoms with Crippen LogP contribution >= 0.6 is 11.6 Å². The number of benzene rings is 3. The lowest BCUT2D eigenvalue weighted by Crippen LogP contribution is -2.49. The number of carbonyl (C=O) groups is 4. The maximum atomic E-state index is 13.5. The first kappa shape index (κ1) is 30.7. The number of amides is 3. The fourth-order valence-electron chi connectivity index (χ4n) is 4.24. The van der Waals surface area contributed by atoms with Gasteiger partial charge in [-0.2, -0.15) is 4.68 Å². The molecule has 13 nitrogen and oxygen atoms in total. The van der Waals surface area contributed by atoms with E-state index in [0.29, 0.717) is 28.2 Å². The van der Waals surface area contributed by atoms with Gasteiger partial charge in [-0.15, -0.1) is 5.10 Å². The Balaban J connectivity index is 1.57. The Labute approximate surface area is 251 Å². The van der Waals surface area contributed by atoms with Crippen molar-refractivity contribution < 1.29 is 24.3 Å². The summed E-state index contributed by atoms with van der Waals surface area (Å²) in [6.07, 6.45) is 1.33. The van der Waals surface area contributed by atoms with Crippen molar-refractivity contribution in [3.63, 3.8) is 0 Å². The molecule has 14 heteroatoms. The highest BCUT2D eigenvalue weighted by Gasteiger charge is 2.27. The number of carboxylic acid groups (broad SMARTS) is 1. The van der Waals surface area contributed by atoms with Crippen LogP contribution in [0.5, 0.6) is 0 Å². The SMILES string of the molecule is CC(C)(C)c1cc(NC(=O)C(Cc2ccc(N)cc2)NC(=O)C(=O)Nc2cc(Cl)ccc2-n2cnnn2)ccc1C(=O)O. The molecule has 43 heavy (non-hydrogen) atoms. The minimum Gasteiger partial charge on any atom is -0.478 e. The van der Waals surface area contributed by atoms with E-state index in [1.807, 2.05) is 20.8 Å². The molecule has 4 rings (SSSR count). The van der Waals surface area contributed by atoms with Crippen molar-refractivity contribution in [2.75, 3.05) is 16.4 Å². The zero-order valence-electron chi connectivity index (χ0n) is 23.5. The molecule has 0 saturated heterocycles. The number of hydrogen-bond acceptors (Lipinski definition) is 8. The van der Waals surface area contributed by atoms with Crippen LogP contribution < -0.4 is 21.7 Å². The smallest absolute Gasteiger partial charge is 0.335 e. The summed E-state index contributed by atoms with van der Waals surface area (Å²) < 4.78 is 1.28. The molecule has 1 unspecified atom stereocenters. The fourth-order valence-corrected chi connectivity index (χ4v) is 4.41. The number of tetrazole rings is 1. The van der Waals surface area contributed by atoms with E-state index >= 15 is 0 Å². The first-order valence-corrected chi connectivity index (χ1v) is 13.4. The minimum absolute atomic E-state index is 0.0253. The molecule has 0 saturated carbocycles.